The van der Waals surface area contributed by atoms with Crippen LogP contribution in [0.15, 0.2) is 11.6 Å². The van der Waals surface area contributed by atoms with Crippen LogP contribution in [0, 0.1) is 0 Å². The third-order valence-electron chi connectivity index (χ3n) is 1.74. The first-order valence-corrected chi connectivity index (χ1v) is 4.08. The Morgan fingerprint density at radius 3 is 2.82 bits per heavy atom. The van der Waals surface area contributed by atoms with Gasteiger partial charge in [0.15, 0.2) is 0 Å². The minimum absolute atomic E-state index is 0.111. The van der Waals surface area contributed by atoms with Crippen molar-refractivity contribution in [2.24, 2.45) is 0 Å². The molecule has 0 saturated carbocycles. The molecule has 0 fully saturated rings. The highest BCUT2D eigenvalue weighted by Gasteiger charge is 2.25. The van der Waals surface area contributed by atoms with Gasteiger partial charge in [-0.3, -0.25) is 5.09 Å². The molecule has 3 unspecified atom stereocenters. The molecule has 0 saturated heterocycles. The zero-order valence-corrected chi connectivity index (χ0v) is 7.78. The Labute approximate surface area is 68.4 Å². The van der Waals surface area contributed by atoms with Gasteiger partial charge in [-0.05, 0) is 19.9 Å². The van der Waals surface area contributed by atoms with Crippen molar-refractivity contribution in [3.63, 3.8) is 0 Å². The Balaban J connectivity index is 2.60. The molecule has 62 valence electrons. The maximum Gasteiger partial charge on any atom is 0.334 e. The summed E-state index contributed by atoms with van der Waals surface area (Å²) in [5.74, 6) is -0.206. The monoisotopic (exact) mass is 173 g/mol. The van der Waals surface area contributed by atoms with E-state index < -0.39 is 0 Å². The largest absolute Gasteiger partial charge is 0.453 e. The summed E-state index contributed by atoms with van der Waals surface area (Å²) >= 11 is 0. The maximum absolute atomic E-state index is 10.9. The summed E-state index contributed by atoms with van der Waals surface area (Å²) in [6.45, 7) is 3.72. The molecule has 0 spiro atoms. The smallest absolute Gasteiger partial charge is 0.334 e. The third kappa shape index (κ3) is 1.79. The van der Waals surface area contributed by atoms with Crippen LogP contribution in [-0.4, -0.2) is 18.1 Å². The Bertz CT molecular complexity index is 203. The van der Waals surface area contributed by atoms with E-state index in [0.717, 1.165) is 0 Å². The number of hydrogen-bond donors (Lipinski definition) is 1. The fourth-order valence-corrected chi connectivity index (χ4v) is 1.10. The number of cyclic esters (lactones) is 1. The average molecular weight is 173 g/mol. The highest BCUT2D eigenvalue weighted by Crippen LogP contribution is 2.15. The van der Waals surface area contributed by atoms with E-state index in [2.05, 4.69) is 14.5 Å². The molecule has 1 heterocycles. The van der Waals surface area contributed by atoms with Gasteiger partial charge in [-0.2, -0.15) is 0 Å². The van der Waals surface area contributed by atoms with E-state index in [0.29, 0.717) is 5.57 Å². The van der Waals surface area contributed by atoms with E-state index in [-0.39, 0.29) is 18.1 Å². The van der Waals surface area contributed by atoms with Crippen LogP contribution in [0.1, 0.15) is 13.8 Å². The molecular formula is C7H12NO2P. The van der Waals surface area contributed by atoms with Crippen LogP contribution in [-0.2, 0) is 9.53 Å². The van der Waals surface area contributed by atoms with Crippen LogP contribution < -0.4 is 5.09 Å². The molecule has 3 nitrogen and oxygen atoms in total. The highest BCUT2D eigenvalue weighted by atomic mass is 31.0. The fourth-order valence-electron chi connectivity index (χ4n) is 0.906. The lowest BCUT2D eigenvalue weighted by molar-refractivity contribution is -0.140. The second kappa shape index (κ2) is 3.33. The van der Waals surface area contributed by atoms with Crippen LogP contribution >= 0.6 is 9.39 Å². The van der Waals surface area contributed by atoms with Gasteiger partial charge in [0.2, 0.25) is 0 Å². The predicted octanol–water partition coefficient (Wildman–Crippen LogP) is 0.626. The molecule has 1 aliphatic rings. The molecule has 1 N–H and O–H groups in total. The van der Waals surface area contributed by atoms with Crippen LogP contribution in [0.25, 0.3) is 0 Å². The normalized spacial score (nSPS) is 26.3. The summed E-state index contributed by atoms with van der Waals surface area (Å²) in [5.41, 5.74) is 0.696. The fraction of sp³-hybridized carbons (Fsp3) is 0.571. The van der Waals surface area contributed by atoms with Gasteiger partial charge in [-0.25, -0.2) is 4.79 Å². The quantitative estimate of drug-likeness (QED) is 0.491. The molecule has 4 heteroatoms. The van der Waals surface area contributed by atoms with E-state index in [1.165, 1.54) is 0 Å². The first kappa shape index (κ1) is 8.69. The van der Waals surface area contributed by atoms with E-state index >= 15 is 0 Å². The number of carbonyl (C=O) groups excluding carboxylic acids is 1. The van der Waals surface area contributed by atoms with E-state index in [9.17, 15) is 4.79 Å². The molecule has 0 aromatic carbocycles. The lowest BCUT2D eigenvalue weighted by Crippen LogP contribution is -2.30. The van der Waals surface area contributed by atoms with Crippen molar-refractivity contribution in [2.45, 2.75) is 26.0 Å². The summed E-state index contributed by atoms with van der Waals surface area (Å²) in [6.07, 6.45) is 1.73. The first-order chi connectivity index (χ1) is 5.15. The van der Waals surface area contributed by atoms with Gasteiger partial charge >= 0.3 is 5.97 Å². The lowest BCUT2D eigenvalue weighted by atomic mass is 10.2. The van der Waals surface area contributed by atoms with Gasteiger partial charge in [0.1, 0.15) is 6.10 Å². The topological polar surface area (TPSA) is 38.3 Å². The van der Waals surface area contributed by atoms with Crippen LogP contribution in [0.2, 0.25) is 0 Å². The zero-order valence-electron chi connectivity index (χ0n) is 6.63. The number of ether oxygens (including phenoxy) is 1. The molecule has 0 amide bonds. The van der Waals surface area contributed by atoms with Gasteiger partial charge < -0.3 is 4.74 Å². The number of rotatable bonds is 2. The molecule has 1 aliphatic heterocycles. The van der Waals surface area contributed by atoms with E-state index in [1.54, 1.807) is 6.92 Å². The minimum atomic E-state index is -0.206. The summed E-state index contributed by atoms with van der Waals surface area (Å²) < 4.78 is 5.02. The summed E-state index contributed by atoms with van der Waals surface area (Å²) in [7, 11) is 2.40. The first-order valence-electron chi connectivity index (χ1n) is 3.50. The van der Waals surface area contributed by atoms with Gasteiger partial charge in [0, 0.05) is 11.6 Å². The molecule has 11 heavy (non-hydrogen) atoms. The van der Waals surface area contributed by atoms with Crippen molar-refractivity contribution < 1.29 is 9.53 Å². The highest BCUT2D eigenvalue weighted by molar-refractivity contribution is 7.13. The Morgan fingerprint density at radius 2 is 2.45 bits per heavy atom. The summed E-state index contributed by atoms with van der Waals surface area (Å²) in [6, 6.07) is 0.154. The summed E-state index contributed by atoms with van der Waals surface area (Å²) in [4.78, 5) is 10.9. The SMILES string of the molecule is CC1=CC(C(C)NP)OC1=O. The average Bonchev–Trinajstić information content (AvgIpc) is 2.31. The van der Waals surface area contributed by atoms with E-state index in [4.69, 9.17) is 4.74 Å². The minimum Gasteiger partial charge on any atom is -0.453 e. The summed E-state index contributed by atoms with van der Waals surface area (Å²) in [5, 5.41) is 2.94. The van der Waals surface area contributed by atoms with Crippen LogP contribution in [0.3, 0.4) is 0 Å². The van der Waals surface area contributed by atoms with Gasteiger partial charge in [-0.15, -0.1) is 0 Å². The Morgan fingerprint density at radius 1 is 1.82 bits per heavy atom. The van der Waals surface area contributed by atoms with Crippen molar-refractivity contribution in [1.82, 2.24) is 5.09 Å². The molecular weight excluding hydrogens is 161 g/mol. The van der Waals surface area contributed by atoms with Gasteiger partial charge in [0.25, 0.3) is 0 Å². The van der Waals surface area contributed by atoms with Crippen LogP contribution in [0.4, 0.5) is 0 Å². The molecule has 3 atom stereocenters. The molecule has 0 radical (unpaired) electrons. The molecule has 1 rings (SSSR count). The third-order valence-corrected chi connectivity index (χ3v) is 2.26. The van der Waals surface area contributed by atoms with Crippen molar-refractivity contribution >= 4 is 15.4 Å². The van der Waals surface area contributed by atoms with E-state index in [1.807, 2.05) is 13.0 Å². The van der Waals surface area contributed by atoms with Crippen molar-refractivity contribution in [3.8, 4) is 0 Å². The second-order valence-corrected chi connectivity index (χ2v) is 3.01. The number of esters is 1. The number of nitrogens with one attached hydrogen (secondary N) is 1. The number of carbonyl (C=O) groups is 1. The molecule has 0 aliphatic carbocycles. The van der Waals surface area contributed by atoms with Crippen molar-refractivity contribution in [3.05, 3.63) is 11.6 Å². The van der Waals surface area contributed by atoms with Gasteiger partial charge in [-0.1, -0.05) is 9.39 Å². The molecule has 0 aromatic heterocycles. The van der Waals surface area contributed by atoms with Crippen LogP contribution in [0.5, 0.6) is 0 Å². The second-order valence-electron chi connectivity index (χ2n) is 2.67. The maximum atomic E-state index is 10.9. The lowest BCUT2D eigenvalue weighted by Gasteiger charge is -2.15. The standard InChI is InChI=1S/C7H12NO2P/c1-4-3-6(5(2)8-11)10-7(4)9/h3,5-6,8H,11H2,1-2H3. The number of hydrogen-bond acceptors (Lipinski definition) is 3. The predicted molar refractivity (Wildman–Crippen MR) is 45.9 cm³/mol. The Hall–Kier alpha value is -0.400. The Kier molecular flexibility index (Phi) is 2.63. The molecule has 0 bridgehead atoms. The van der Waals surface area contributed by atoms with Crippen molar-refractivity contribution in [1.29, 1.82) is 0 Å². The zero-order chi connectivity index (χ0) is 8.43. The molecule has 0 aromatic rings. The van der Waals surface area contributed by atoms with Crippen molar-refractivity contribution in [2.75, 3.05) is 0 Å². The van der Waals surface area contributed by atoms with Gasteiger partial charge in [0.05, 0.1) is 0 Å².